The predicted molar refractivity (Wildman–Crippen MR) is 104 cm³/mol. The predicted octanol–water partition coefficient (Wildman–Crippen LogP) is 5.75. The van der Waals surface area contributed by atoms with E-state index in [4.69, 9.17) is 21.4 Å². The molecule has 1 atom stereocenters. The molecule has 0 spiro atoms. The summed E-state index contributed by atoms with van der Waals surface area (Å²) in [5.41, 5.74) is 2.26. The number of nitrogens with one attached hydrogen (secondary N) is 1. The zero-order valence-electron chi connectivity index (χ0n) is 15.1. The number of aliphatic carboxylic acids is 1. The maximum atomic E-state index is 14.3. The van der Waals surface area contributed by atoms with Gasteiger partial charge in [-0.2, -0.15) is 0 Å². The zero-order chi connectivity index (χ0) is 19.6. The van der Waals surface area contributed by atoms with Crippen LogP contribution in [-0.2, 0) is 11.2 Å². The smallest absolute Gasteiger partial charge is 0.303 e. The SMILES string of the molecule is CC(C)C(Oc1ccc(CCC(=O)O)c(F)c1)c1ccc2[nH]cc(Cl)c2c1. The van der Waals surface area contributed by atoms with Crippen molar-refractivity contribution in [2.45, 2.75) is 32.8 Å². The molecule has 4 nitrogen and oxygen atoms in total. The standard InChI is InChI=1S/C21H21ClFNO3/c1-12(2)21(14-4-7-19-16(9-14)17(22)11-24-19)27-15-6-3-13(18(23)10-15)5-8-20(25)26/h3-4,6-7,9-12,21,24H,5,8H2,1-2H3,(H,25,26). The minimum atomic E-state index is -0.951. The van der Waals surface area contributed by atoms with Crippen molar-refractivity contribution in [2.75, 3.05) is 0 Å². The second-order valence-corrected chi connectivity index (χ2v) is 7.28. The molecule has 3 aromatic rings. The molecule has 1 aromatic heterocycles. The number of carboxylic acid groups (broad SMARTS) is 1. The molecule has 0 aliphatic rings. The molecule has 2 N–H and O–H groups in total. The van der Waals surface area contributed by atoms with Gasteiger partial charge in [0.2, 0.25) is 0 Å². The molecule has 1 unspecified atom stereocenters. The average Bonchev–Trinajstić information content (AvgIpc) is 2.99. The van der Waals surface area contributed by atoms with Crippen LogP contribution in [0, 0.1) is 11.7 Å². The number of aryl methyl sites for hydroxylation is 1. The van der Waals surface area contributed by atoms with Gasteiger partial charge in [0.25, 0.3) is 0 Å². The highest BCUT2D eigenvalue weighted by molar-refractivity contribution is 6.35. The summed E-state index contributed by atoms with van der Waals surface area (Å²) in [6, 6.07) is 10.5. The van der Waals surface area contributed by atoms with Crippen molar-refractivity contribution >= 4 is 28.5 Å². The van der Waals surface area contributed by atoms with Crippen LogP contribution in [0.5, 0.6) is 5.75 Å². The van der Waals surface area contributed by atoms with Gasteiger partial charge in [-0.05, 0) is 41.7 Å². The number of hydrogen-bond donors (Lipinski definition) is 2. The molecule has 0 saturated carbocycles. The Kier molecular flexibility index (Phi) is 5.71. The molecule has 0 saturated heterocycles. The molecule has 6 heteroatoms. The van der Waals surface area contributed by atoms with E-state index in [9.17, 15) is 9.18 Å². The van der Waals surface area contributed by atoms with Gasteiger partial charge in [0, 0.05) is 29.6 Å². The summed E-state index contributed by atoms with van der Waals surface area (Å²) in [7, 11) is 0. The van der Waals surface area contributed by atoms with Crippen molar-refractivity contribution in [3.63, 3.8) is 0 Å². The normalized spacial score (nSPS) is 12.5. The minimum absolute atomic E-state index is 0.108. The highest BCUT2D eigenvalue weighted by Crippen LogP contribution is 2.33. The highest BCUT2D eigenvalue weighted by Gasteiger charge is 2.20. The Labute approximate surface area is 161 Å². The lowest BCUT2D eigenvalue weighted by Crippen LogP contribution is -2.14. The molecular weight excluding hydrogens is 369 g/mol. The first kappa shape index (κ1) is 19.2. The lowest BCUT2D eigenvalue weighted by Gasteiger charge is -2.23. The van der Waals surface area contributed by atoms with Gasteiger partial charge in [0.15, 0.2) is 0 Å². The van der Waals surface area contributed by atoms with Crippen molar-refractivity contribution in [3.8, 4) is 5.75 Å². The third kappa shape index (κ3) is 4.42. The Balaban J connectivity index is 1.84. The summed E-state index contributed by atoms with van der Waals surface area (Å²) in [5, 5.41) is 10.3. The topological polar surface area (TPSA) is 62.3 Å². The molecule has 0 radical (unpaired) electrons. The Morgan fingerprint density at radius 3 is 2.70 bits per heavy atom. The fraction of sp³-hybridized carbons (Fsp3) is 0.286. The molecule has 0 bridgehead atoms. The van der Waals surface area contributed by atoms with Gasteiger partial charge in [-0.15, -0.1) is 0 Å². The van der Waals surface area contributed by atoms with Crippen LogP contribution in [0.25, 0.3) is 10.9 Å². The lowest BCUT2D eigenvalue weighted by atomic mass is 9.97. The van der Waals surface area contributed by atoms with E-state index in [1.807, 2.05) is 32.0 Å². The fourth-order valence-corrected chi connectivity index (χ4v) is 3.27. The molecule has 0 aliphatic carbocycles. The third-order valence-corrected chi connectivity index (χ3v) is 4.80. The number of fused-ring (bicyclic) bond motifs is 1. The van der Waals surface area contributed by atoms with Crippen molar-refractivity contribution in [3.05, 3.63) is 64.6 Å². The number of halogens is 2. The van der Waals surface area contributed by atoms with Gasteiger partial charge in [-0.25, -0.2) is 4.39 Å². The third-order valence-electron chi connectivity index (χ3n) is 4.49. The van der Waals surface area contributed by atoms with E-state index in [-0.39, 0.29) is 24.9 Å². The van der Waals surface area contributed by atoms with E-state index in [0.29, 0.717) is 16.3 Å². The van der Waals surface area contributed by atoms with Crippen molar-refractivity contribution in [1.29, 1.82) is 0 Å². The summed E-state index contributed by atoms with van der Waals surface area (Å²) in [6.45, 7) is 4.07. The number of carbonyl (C=O) groups is 1. The molecule has 2 aromatic carbocycles. The molecule has 3 rings (SSSR count). The highest BCUT2D eigenvalue weighted by atomic mass is 35.5. The second-order valence-electron chi connectivity index (χ2n) is 6.87. The van der Waals surface area contributed by atoms with Crippen molar-refractivity contribution in [1.82, 2.24) is 4.98 Å². The fourth-order valence-electron chi connectivity index (χ4n) is 3.06. The first-order valence-corrected chi connectivity index (χ1v) is 9.16. The maximum absolute atomic E-state index is 14.3. The number of benzene rings is 2. The summed E-state index contributed by atoms with van der Waals surface area (Å²) < 4.78 is 20.4. The first-order valence-electron chi connectivity index (χ1n) is 8.78. The van der Waals surface area contributed by atoms with E-state index in [2.05, 4.69) is 4.98 Å². The lowest BCUT2D eigenvalue weighted by molar-refractivity contribution is -0.136. The monoisotopic (exact) mass is 389 g/mol. The maximum Gasteiger partial charge on any atom is 0.303 e. The summed E-state index contributed by atoms with van der Waals surface area (Å²) in [4.78, 5) is 13.8. The number of rotatable bonds is 7. The van der Waals surface area contributed by atoms with E-state index < -0.39 is 11.8 Å². The van der Waals surface area contributed by atoms with Crippen LogP contribution in [0.3, 0.4) is 0 Å². The van der Waals surface area contributed by atoms with Gasteiger partial charge < -0.3 is 14.8 Å². The van der Waals surface area contributed by atoms with Crippen LogP contribution in [0.4, 0.5) is 4.39 Å². The minimum Gasteiger partial charge on any atom is -0.485 e. The van der Waals surface area contributed by atoms with E-state index in [0.717, 1.165) is 16.5 Å². The Bertz CT molecular complexity index is 967. The van der Waals surface area contributed by atoms with Crippen LogP contribution in [-0.4, -0.2) is 16.1 Å². The average molecular weight is 390 g/mol. The molecule has 27 heavy (non-hydrogen) atoms. The quantitative estimate of drug-likeness (QED) is 0.540. The number of aromatic nitrogens is 1. The van der Waals surface area contributed by atoms with E-state index in [1.165, 1.54) is 6.07 Å². The molecule has 0 amide bonds. The Morgan fingerprint density at radius 2 is 2.04 bits per heavy atom. The molecule has 0 aliphatic heterocycles. The van der Waals surface area contributed by atoms with Crippen LogP contribution >= 0.6 is 11.6 Å². The van der Waals surface area contributed by atoms with Crippen LogP contribution < -0.4 is 4.74 Å². The molecule has 142 valence electrons. The first-order chi connectivity index (χ1) is 12.8. The number of carboxylic acids is 1. The van der Waals surface area contributed by atoms with Crippen molar-refractivity contribution in [2.24, 2.45) is 5.92 Å². The number of H-pyrrole nitrogens is 1. The van der Waals surface area contributed by atoms with Crippen LogP contribution in [0.1, 0.15) is 37.5 Å². The largest absolute Gasteiger partial charge is 0.485 e. The second kappa shape index (κ2) is 8.01. The van der Waals surface area contributed by atoms with Gasteiger partial charge in [0.05, 0.1) is 5.02 Å². The molecular formula is C21H21ClFNO3. The van der Waals surface area contributed by atoms with Crippen LogP contribution in [0.15, 0.2) is 42.6 Å². The Hall–Kier alpha value is -2.53. The summed E-state index contributed by atoms with van der Waals surface area (Å²) in [5.74, 6) is -0.853. The van der Waals surface area contributed by atoms with Gasteiger partial charge in [0.1, 0.15) is 17.7 Å². The zero-order valence-corrected chi connectivity index (χ0v) is 15.9. The number of aromatic amines is 1. The van der Waals surface area contributed by atoms with E-state index in [1.54, 1.807) is 18.3 Å². The Morgan fingerprint density at radius 1 is 1.26 bits per heavy atom. The van der Waals surface area contributed by atoms with Crippen molar-refractivity contribution < 1.29 is 19.0 Å². The number of ether oxygens (including phenoxy) is 1. The van der Waals surface area contributed by atoms with Gasteiger partial charge in [-0.1, -0.05) is 37.6 Å². The summed E-state index contributed by atoms with van der Waals surface area (Å²) in [6.07, 6.45) is 1.51. The van der Waals surface area contributed by atoms with Crippen LogP contribution in [0.2, 0.25) is 5.02 Å². The van der Waals surface area contributed by atoms with E-state index >= 15 is 0 Å². The summed E-state index contributed by atoms with van der Waals surface area (Å²) >= 11 is 6.22. The molecule has 0 fully saturated rings. The van der Waals surface area contributed by atoms with Gasteiger partial charge >= 0.3 is 5.97 Å². The number of hydrogen-bond acceptors (Lipinski definition) is 2. The van der Waals surface area contributed by atoms with Gasteiger partial charge in [-0.3, -0.25) is 4.79 Å². The molecule has 1 heterocycles.